The zero-order chi connectivity index (χ0) is 20.8. The smallest absolute Gasteiger partial charge is 0.258 e. The highest BCUT2D eigenvalue weighted by molar-refractivity contribution is 6.31. The number of rotatable bonds is 5. The number of halogens is 1. The Hall–Kier alpha value is -3.95. The molecule has 0 bridgehead atoms. The molecule has 2 aromatic carbocycles. The fraction of sp³-hybridized carbons (Fsp3) is 0. The highest BCUT2D eigenvalue weighted by Gasteiger charge is 2.16. The lowest BCUT2D eigenvalue weighted by Crippen LogP contribution is -2.18. The first kappa shape index (κ1) is 19.8. The summed E-state index contributed by atoms with van der Waals surface area (Å²) in [6.07, 6.45) is 3.22. The van der Waals surface area contributed by atoms with Gasteiger partial charge in [0.15, 0.2) is 0 Å². The van der Waals surface area contributed by atoms with Gasteiger partial charge in [0.1, 0.15) is 5.82 Å². The van der Waals surface area contributed by atoms with E-state index in [-0.39, 0.29) is 5.56 Å². The Bertz CT molecular complexity index is 1120. The molecule has 0 spiro atoms. The highest BCUT2D eigenvalue weighted by atomic mass is 35.5. The SMILES string of the molecule is C=Cc1ccc(NC(=O)c2cc(Cl)ccc2NC(=O)c2ccc(C#N)cc2)nc1. The zero-order valence-electron chi connectivity index (χ0n) is 15.1. The van der Waals surface area contributed by atoms with E-state index in [2.05, 4.69) is 22.2 Å². The number of carbonyl (C=O) groups excluding carboxylic acids is 2. The van der Waals surface area contributed by atoms with Gasteiger partial charge >= 0.3 is 0 Å². The van der Waals surface area contributed by atoms with Crippen LogP contribution in [0.25, 0.3) is 6.08 Å². The van der Waals surface area contributed by atoms with Crippen molar-refractivity contribution in [3.05, 3.63) is 94.6 Å². The van der Waals surface area contributed by atoms with Crippen LogP contribution in [0.2, 0.25) is 5.02 Å². The Morgan fingerprint density at radius 3 is 2.41 bits per heavy atom. The number of nitriles is 1. The van der Waals surface area contributed by atoms with E-state index < -0.39 is 11.8 Å². The molecule has 3 rings (SSSR count). The summed E-state index contributed by atoms with van der Waals surface area (Å²) in [6, 6.07) is 16.2. The number of benzene rings is 2. The molecule has 7 heteroatoms. The third-order valence-corrected chi connectivity index (χ3v) is 4.25. The Morgan fingerprint density at radius 1 is 1.03 bits per heavy atom. The Kier molecular flexibility index (Phi) is 6.03. The number of hydrogen-bond donors (Lipinski definition) is 2. The van der Waals surface area contributed by atoms with Gasteiger partial charge in [0, 0.05) is 16.8 Å². The van der Waals surface area contributed by atoms with Crippen molar-refractivity contribution in [2.24, 2.45) is 0 Å². The number of pyridine rings is 1. The van der Waals surface area contributed by atoms with Crippen LogP contribution >= 0.6 is 11.6 Å². The zero-order valence-corrected chi connectivity index (χ0v) is 15.9. The van der Waals surface area contributed by atoms with Crippen molar-refractivity contribution in [2.75, 3.05) is 10.6 Å². The molecule has 6 nitrogen and oxygen atoms in total. The van der Waals surface area contributed by atoms with Crippen LogP contribution in [0.4, 0.5) is 11.5 Å². The van der Waals surface area contributed by atoms with Crippen LogP contribution in [0.3, 0.4) is 0 Å². The fourth-order valence-corrected chi connectivity index (χ4v) is 2.66. The van der Waals surface area contributed by atoms with E-state index in [1.54, 1.807) is 48.7 Å². The minimum Gasteiger partial charge on any atom is -0.321 e. The molecule has 29 heavy (non-hydrogen) atoms. The van der Waals surface area contributed by atoms with Crippen LogP contribution in [0.15, 0.2) is 67.4 Å². The maximum atomic E-state index is 12.7. The molecule has 0 radical (unpaired) electrons. The van der Waals surface area contributed by atoms with Crippen molar-refractivity contribution in [1.82, 2.24) is 4.98 Å². The third kappa shape index (κ3) is 4.86. The Balaban J connectivity index is 1.82. The first-order chi connectivity index (χ1) is 14.0. The van der Waals surface area contributed by atoms with Crippen molar-refractivity contribution in [1.29, 1.82) is 5.26 Å². The summed E-state index contributed by atoms with van der Waals surface area (Å²) < 4.78 is 0. The summed E-state index contributed by atoms with van der Waals surface area (Å²) >= 11 is 6.04. The molecule has 0 unspecified atom stereocenters. The minimum absolute atomic E-state index is 0.189. The first-order valence-corrected chi connectivity index (χ1v) is 8.89. The van der Waals surface area contributed by atoms with Gasteiger partial charge in [-0.15, -0.1) is 0 Å². The summed E-state index contributed by atoms with van der Waals surface area (Å²) in [7, 11) is 0. The standard InChI is InChI=1S/C22H15ClN4O2/c1-2-14-5-10-20(25-13-14)27-22(29)18-11-17(23)8-9-19(18)26-21(28)16-6-3-15(12-24)4-7-16/h2-11,13H,1H2,(H,26,28)(H,25,27,29). The van der Waals surface area contributed by atoms with Gasteiger partial charge in [-0.1, -0.05) is 24.3 Å². The Labute approximate surface area is 172 Å². The lowest BCUT2D eigenvalue weighted by molar-refractivity contribution is 0.102. The summed E-state index contributed by atoms with van der Waals surface area (Å²) in [6.45, 7) is 3.65. The van der Waals surface area contributed by atoms with Crippen molar-refractivity contribution in [3.63, 3.8) is 0 Å². The van der Waals surface area contributed by atoms with E-state index in [1.807, 2.05) is 6.07 Å². The van der Waals surface area contributed by atoms with E-state index in [9.17, 15) is 9.59 Å². The molecular formula is C22H15ClN4O2. The molecule has 142 valence electrons. The average Bonchev–Trinajstić information content (AvgIpc) is 2.75. The van der Waals surface area contributed by atoms with E-state index in [0.29, 0.717) is 27.7 Å². The quantitative estimate of drug-likeness (QED) is 0.643. The highest BCUT2D eigenvalue weighted by Crippen LogP contribution is 2.23. The van der Waals surface area contributed by atoms with Crippen LogP contribution in [0.1, 0.15) is 31.8 Å². The molecule has 0 saturated heterocycles. The molecule has 0 atom stereocenters. The predicted molar refractivity (Wildman–Crippen MR) is 113 cm³/mol. The minimum atomic E-state index is -0.471. The largest absolute Gasteiger partial charge is 0.321 e. The van der Waals surface area contributed by atoms with Crippen molar-refractivity contribution >= 4 is 41.0 Å². The van der Waals surface area contributed by atoms with E-state index in [0.717, 1.165) is 5.56 Å². The van der Waals surface area contributed by atoms with Gasteiger partial charge in [0.2, 0.25) is 0 Å². The van der Waals surface area contributed by atoms with Gasteiger partial charge in [-0.2, -0.15) is 5.26 Å². The van der Waals surface area contributed by atoms with Gasteiger partial charge < -0.3 is 10.6 Å². The van der Waals surface area contributed by atoms with Crippen LogP contribution in [-0.2, 0) is 0 Å². The molecule has 0 aliphatic carbocycles. The summed E-state index contributed by atoms with van der Waals surface area (Å²) in [5.74, 6) is -0.536. The third-order valence-electron chi connectivity index (χ3n) is 4.01. The van der Waals surface area contributed by atoms with Crippen LogP contribution in [0.5, 0.6) is 0 Å². The van der Waals surface area contributed by atoms with Crippen LogP contribution in [0, 0.1) is 11.3 Å². The maximum absolute atomic E-state index is 12.7. The molecule has 2 amide bonds. The monoisotopic (exact) mass is 402 g/mol. The predicted octanol–water partition coefficient (Wildman–Crippen LogP) is 4.75. The van der Waals surface area contributed by atoms with Crippen molar-refractivity contribution in [3.8, 4) is 6.07 Å². The summed E-state index contributed by atoms with van der Waals surface area (Å²) in [5.41, 5.74) is 2.11. The van der Waals surface area contributed by atoms with Gasteiger partial charge in [0.05, 0.1) is 22.9 Å². The van der Waals surface area contributed by atoms with Crippen molar-refractivity contribution < 1.29 is 9.59 Å². The number of anilines is 2. The van der Waals surface area contributed by atoms with Crippen LogP contribution < -0.4 is 10.6 Å². The first-order valence-electron chi connectivity index (χ1n) is 8.51. The van der Waals surface area contributed by atoms with Gasteiger partial charge in [-0.25, -0.2) is 4.98 Å². The molecular weight excluding hydrogens is 388 g/mol. The maximum Gasteiger partial charge on any atom is 0.258 e. The Morgan fingerprint density at radius 2 is 1.79 bits per heavy atom. The average molecular weight is 403 g/mol. The van der Waals surface area contributed by atoms with E-state index in [4.69, 9.17) is 16.9 Å². The van der Waals surface area contributed by atoms with Gasteiger partial charge in [-0.3, -0.25) is 9.59 Å². The molecule has 0 saturated carbocycles. The van der Waals surface area contributed by atoms with E-state index >= 15 is 0 Å². The molecule has 0 fully saturated rings. The van der Waals surface area contributed by atoms with E-state index in [1.165, 1.54) is 18.2 Å². The number of hydrogen-bond acceptors (Lipinski definition) is 4. The fourth-order valence-electron chi connectivity index (χ4n) is 2.49. The second-order valence-corrected chi connectivity index (χ2v) is 6.40. The molecule has 0 aliphatic heterocycles. The molecule has 1 aromatic heterocycles. The number of nitrogens with zero attached hydrogens (tertiary/aromatic N) is 2. The van der Waals surface area contributed by atoms with Crippen molar-refractivity contribution in [2.45, 2.75) is 0 Å². The normalized spacial score (nSPS) is 9.93. The number of amides is 2. The lowest BCUT2D eigenvalue weighted by atomic mass is 10.1. The number of nitrogens with one attached hydrogen (secondary N) is 2. The second-order valence-electron chi connectivity index (χ2n) is 5.97. The van der Waals surface area contributed by atoms with Gasteiger partial charge in [-0.05, 0) is 60.2 Å². The summed E-state index contributed by atoms with van der Waals surface area (Å²) in [4.78, 5) is 29.4. The number of aromatic nitrogens is 1. The van der Waals surface area contributed by atoms with Gasteiger partial charge in [0.25, 0.3) is 11.8 Å². The molecule has 2 N–H and O–H groups in total. The molecule has 0 aliphatic rings. The molecule has 1 heterocycles. The lowest BCUT2D eigenvalue weighted by Gasteiger charge is -2.12. The topological polar surface area (TPSA) is 94.9 Å². The van der Waals surface area contributed by atoms with Crippen LogP contribution in [-0.4, -0.2) is 16.8 Å². The second kappa shape index (κ2) is 8.83. The summed E-state index contributed by atoms with van der Waals surface area (Å²) in [5, 5.41) is 14.6. The molecule has 3 aromatic rings. The number of carbonyl (C=O) groups is 2.